The average molecular weight is 222 g/mol. The molecule has 1 rings (SSSR count). The molecule has 1 aromatic carbocycles. The Morgan fingerprint density at radius 1 is 1.36 bits per heavy atom. The van der Waals surface area contributed by atoms with Crippen molar-refractivity contribution in [3.05, 3.63) is 23.8 Å². The summed E-state index contributed by atoms with van der Waals surface area (Å²) in [5.41, 5.74) is 5.94. The second-order valence-electron chi connectivity index (χ2n) is 2.83. The molecule has 4 N–H and O–H groups in total. The van der Waals surface area contributed by atoms with Gasteiger partial charge < -0.3 is 15.9 Å². The van der Waals surface area contributed by atoms with Gasteiger partial charge in [-0.2, -0.15) is 0 Å². The number of nitrogens with two attached hydrogens (primary N) is 1. The summed E-state index contributed by atoms with van der Waals surface area (Å²) < 4.78 is 11.9. The van der Waals surface area contributed by atoms with E-state index in [4.69, 9.17) is 10.8 Å². The minimum atomic E-state index is -0.572. The molecule has 0 heterocycles. The summed E-state index contributed by atoms with van der Waals surface area (Å²) in [5, 5.41) is 18.4. The van der Waals surface area contributed by atoms with Crippen molar-refractivity contribution in [1.29, 1.82) is 0 Å². The molecule has 0 fully saturated rings. The molecule has 80 valence electrons. The molecule has 0 unspecified atom stereocenters. The van der Waals surface area contributed by atoms with E-state index >= 15 is 0 Å². The molecule has 5 heteroatoms. The van der Waals surface area contributed by atoms with Gasteiger partial charge in [-0.15, -0.1) is 12.4 Å². The Morgan fingerprint density at radius 2 is 2.00 bits per heavy atom. The number of hydrogen-bond acceptors (Lipinski definition) is 3. The highest BCUT2D eigenvalue weighted by Crippen LogP contribution is 2.28. The van der Waals surface area contributed by atoms with Crippen LogP contribution in [-0.2, 0) is 0 Å². The van der Waals surface area contributed by atoms with Crippen LogP contribution >= 0.6 is 12.4 Å². The van der Waals surface area contributed by atoms with Gasteiger partial charge in [-0.3, -0.25) is 4.39 Å². The number of aromatic hydroxyl groups is 2. The fraction of sp³-hybridized carbons (Fsp3) is 0.333. The van der Waals surface area contributed by atoms with Gasteiger partial charge in [0.1, 0.15) is 11.5 Å². The Labute approximate surface area is 87.8 Å². The number of alkyl halides is 1. The van der Waals surface area contributed by atoms with Crippen LogP contribution < -0.4 is 5.73 Å². The van der Waals surface area contributed by atoms with Gasteiger partial charge in [0.2, 0.25) is 0 Å². The van der Waals surface area contributed by atoms with E-state index < -0.39 is 12.7 Å². The molecule has 14 heavy (non-hydrogen) atoms. The summed E-state index contributed by atoms with van der Waals surface area (Å²) in [6.07, 6.45) is 0.136. The number of halogens is 2. The van der Waals surface area contributed by atoms with Crippen molar-refractivity contribution < 1.29 is 14.6 Å². The highest BCUT2D eigenvalue weighted by atomic mass is 35.5. The van der Waals surface area contributed by atoms with Crippen molar-refractivity contribution in [2.75, 3.05) is 6.67 Å². The quantitative estimate of drug-likeness (QED) is 0.683. The van der Waals surface area contributed by atoms with Gasteiger partial charge in [0.25, 0.3) is 0 Å². The van der Waals surface area contributed by atoms with Crippen LogP contribution in [0.15, 0.2) is 18.2 Å². The molecular formula is C9H13ClFNO2. The zero-order valence-electron chi connectivity index (χ0n) is 7.48. The molecule has 0 saturated heterocycles. The lowest BCUT2D eigenvalue weighted by Gasteiger charge is -2.11. The van der Waals surface area contributed by atoms with E-state index in [1.165, 1.54) is 18.2 Å². The summed E-state index contributed by atoms with van der Waals surface area (Å²) in [5.74, 6) is 0.000795. The first-order valence-corrected chi connectivity index (χ1v) is 3.98. The number of hydrogen-bond donors (Lipinski definition) is 3. The van der Waals surface area contributed by atoms with E-state index in [-0.39, 0.29) is 30.3 Å². The van der Waals surface area contributed by atoms with Crippen molar-refractivity contribution >= 4 is 12.4 Å². The largest absolute Gasteiger partial charge is 0.508 e. The van der Waals surface area contributed by atoms with Crippen molar-refractivity contribution in [1.82, 2.24) is 0 Å². The average Bonchev–Trinajstić information content (AvgIpc) is 2.09. The SMILES string of the molecule is Cl.N[C@H](CCF)c1cc(O)ccc1O. The first kappa shape index (κ1) is 13.0. The minimum absolute atomic E-state index is 0. The summed E-state index contributed by atoms with van der Waals surface area (Å²) in [6.45, 7) is -0.545. The number of phenols is 2. The first-order chi connectivity index (χ1) is 6.15. The zero-order valence-corrected chi connectivity index (χ0v) is 8.30. The molecular weight excluding hydrogens is 209 g/mol. The van der Waals surface area contributed by atoms with Crippen LogP contribution in [-0.4, -0.2) is 16.9 Å². The normalized spacial score (nSPS) is 11.9. The maximum atomic E-state index is 11.9. The van der Waals surface area contributed by atoms with E-state index in [1.807, 2.05) is 0 Å². The Hall–Kier alpha value is -1.00. The van der Waals surface area contributed by atoms with Crippen LogP contribution in [0.25, 0.3) is 0 Å². The van der Waals surface area contributed by atoms with Gasteiger partial charge in [-0.1, -0.05) is 0 Å². The van der Waals surface area contributed by atoms with E-state index in [0.29, 0.717) is 5.56 Å². The van der Waals surface area contributed by atoms with Crippen LogP contribution in [0.1, 0.15) is 18.0 Å². The van der Waals surface area contributed by atoms with Crippen molar-refractivity contribution in [2.24, 2.45) is 5.73 Å². The van der Waals surface area contributed by atoms with Crippen LogP contribution in [0.5, 0.6) is 11.5 Å². The summed E-state index contributed by atoms with van der Waals surface area (Å²) in [7, 11) is 0. The second-order valence-corrected chi connectivity index (χ2v) is 2.83. The monoisotopic (exact) mass is 221 g/mol. The second kappa shape index (κ2) is 5.67. The Morgan fingerprint density at radius 3 is 2.57 bits per heavy atom. The lowest BCUT2D eigenvalue weighted by atomic mass is 10.0. The molecule has 0 aliphatic rings. The van der Waals surface area contributed by atoms with E-state index in [0.717, 1.165) is 0 Å². The van der Waals surface area contributed by atoms with Crippen LogP contribution in [0.2, 0.25) is 0 Å². The number of rotatable bonds is 3. The van der Waals surface area contributed by atoms with Gasteiger partial charge in [-0.25, -0.2) is 0 Å². The van der Waals surface area contributed by atoms with E-state index in [2.05, 4.69) is 0 Å². The summed E-state index contributed by atoms with van der Waals surface area (Å²) >= 11 is 0. The predicted molar refractivity (Wildman–Crippen MR) is 54.5 cm³/mol. The van der Waals surface area contributed by atoms with Gasteiger partial charge in [0.15, 0.2) is 0 Å². The molecule has 3 nitrogen and oxygen atoms in total. The zero-order chi connectivity index (χ0) is 9.84. The molecule has 0 bridgehead atoms. The van der Waals surface area contributed by atoms with Crippen molar-refractivity contribution in [3.63, 3.8) is 0 Å². The van der Waals surface area contributed by atoms with E-state index in [1.54, 1.807) is 0 Å². The summed E-state index contributed by atoms with van der Waals surface area (Å²) in [6, 6.07) is 3.46. The molecule has 0 aliphatic heterocycles. The Kier molecular flexibility index (Phi) is 5.27. The van der Waals surface area contributed by atoms with Crippen LogP contribution in [0, 0.1) is 0 Å². The molecule has 0 radical (unpaired) electrons. The van der Waals surface area contributed by atoms with Gasteiger partial charge in [0.05, 0.1) is 6.67 Å². The van der Waals surface area contributed by atoms with E-state index in [9.17, 15) is 9.50 Å². The minimum Gasteiger partial charge on any atom is -0.508 e. The van der Waals surface area contributed by atoms with Crippen LogP contribution in [0.4, 0.5) is 4.39 Å². The molecule has 0 aromatic heterocycles. The standard InChI is InChI=1S/C9H12FNO2.ClH/c10-4-3-8(11)7-5-6(12)1-2-9(7)13;/h1-2,5,8,12-13H,3-4,11H2;1H/t8-;/m1./s1. The smallest absolute Gasteiger partial charge is 0.120 e. The lowest BCUT2D eigenvalue weighted by molar-refractivity contribution is 0.419. The maximum absolute atomic E-state index is 11.9. The highest BCUT2D eigenvalue weighted by Gasteiger charge is 2.10. The molecule has 0 amide bonds. The van der Waals surface area contributed by atoms with Crippen molar-refractivity contribution in [2.45, 2.75) is 12.5 Å². The molecule has 0 spiro atoms. The fourth-order valence-electron chi connectivity index (χ4n) is 1.11. The Bertz CT molecular complexity index is 296. The lowest BCUT2D eigenvalue weighted by Crippen LogP contribution is -2.10. The van der Waals surface area contributed by atoms with Crippen molar-refractivity contribution in [3.8, 4) is 11.5 Å². The first-order valence-electron chi connectivity index (χ1n) is 3.98. The van der Waals surface area contributed by atoms with Gasteiger partial charge >= 0.3 is 0 Å². The summed E-state index contributed by atoms with van der Waals surface area (Å²) in [4.78, 5) is 0. The molecule has 0 saturated carbocycles. The molecule has 1 atom stereocenters. The van der Waals surface area contributed by atoms with Crippen LogP contribution in [0.3, 0.4) is 0 Å². The molecule has 1 aromatic rings. The molecule has 0 aliphatic carbocycles. The predicted octanol–water partition coefficient (Wildman–Crippen LogP) is 1.88. The topological polar surface area (TPSA) is 66.5 Å². The number of benzene rings is 1. The van der Waals surface area contributed by atoms with Gasteiger partial charge in [0, 0.05) is 11.6 Å². The highest BCUT2D eigenvalue weighted by molar-refractivity contribution is 5.85. The third-order valence-corrected chi connectivity index (χ3v) is 1.83. The Balaban J connectivity index is 0.00000169. The number of phenolic OH excluding ortho intramolecular Hbond substituents is 2. The van der Waals surface area contributed by atoms with Gasteiger partial charge in [-0.05, 0) is 24.6 Å². The third kappa shape index (κ3) is 3.05. The maximum Gasteiger partial charge on any atom is 0.120 e. The fourth-order valence-corrected chi connectivity index (χ4v) is 1.11. The third-order valence-electron chi connectivity index (χ3n) is 1.83.